The first-order valence-electron chi connectivity index (χ1n) is 11.3. The minimum Gasteiger partial charge on any atom is -0.352 e. The second-order valence-corrected chi connectivity index (χ2v) is 9.62. The summed E-state index contributed by atoms with van der Waals surface area (Å²) in [6, 6.07) is 16.5. The zero-order valence-corrected chi connectivity index (χ0v) is 19.4. The van der Waals surface area contributed by atoms with Gasteiger partial charge in [-0.1, -0.05) is 42.0 Å². The zero-order chi connectivity index (χ0) is 24.5. The number of fused-ring (bicyclic) bond motifs is 6. The van der Waals surface area contributed by atoms with Crippen molar-refractivity contribution < 1.29 is 18.8 Å². The average molecular weight is 487 g/mol. The summed E-state index contributed by atoms with van der Waals surface area (Å²) in [6.45, 7) is 1.43. The number of amides is 1. The molecule has 0 bridgehead atoms. The fourth-order valence-corrected chi connectivity index (χ4v) is 6.22. The Kier molecular flexibility index (Phi) is 4.73. The van der Waals surface area contributed by atoms with Gasteiger partial charge in [-0.25, -0.2) is 4.39 Å². The summed E-state index contributed by atoms with van der Waals surface area (Å²) < 4.78 is 14.1. The molecule has 0 aromatic heterocycles. The molecule has 7 heteroatoms. The number of Topliss-reactive ketones (excluding diaryl/α,β-unsaturated/α-hetero) is 2. The van der Waals surface area contributed by atoms with Gasteiger partial charge >= 0.3 is 0 Å². The van der Waals surface area contributed by atoms with Gasteiger partial charge in [-0.05, 0) is 61.0 Å². The molecule has 0 aliphatic carbocycles. The Morgan fingerprint density at radius 1 is 1.06 bits per heavy atom. The summed E-state index contributed by atoms with van der Waals surface area (Å²) in [6.07, 6.45) is 3.58. The van der Waals surface area contributed by atoms with Crippen LogP contribution in [0.3, 0.4) is 0 Å². The van der Waals surface area contributed by atoms with Crippen LogP contribution in [-0.4, -0.2) is 29.6 Å². The van der Waals surface area contributed by atoms with Crippen LogP contribution in [0.25, 0.3) is 6.08 Å². The molecule has 4 atom stereocenters. The summed E-state index contributed by atoms with van der Waals surface area (Å²) in [7, 11) is 0. The molecule has 6 rings (SSSR count). The molecule has 35 heavy (non-hydrogen) atoms. The molecule has 3 heterocycles. The van der Waals surface area contributed by atoms with Gasteiger partial charge in [-0.3, -0.25) is 14.4 Å². The van der Waals surface area contributed by atoms with Gasteiger partial charge in [0.05, 0.1) is 18.0 Å². The first kappa shape index (κ1) is 21.7. The second kappa shape index (κ2) is 7.62. The average Bonchev–Trinajstić information content (AvgIpc) is 3.32. The standard InChI is InChI=1S/C28H20ClFN2O3/c1-15(33)25-24(26(34)16-6-9-18(29)10-7-16)28(20-4-2-3-5-21(20)31-27(28)35)23-13-8-17-14-19(30)11-12-22(17)32(23)25/h2-14,23-25H,1H3,(H,31,35)/t23-,24+,25+,28-/m1/s1. The predicted octanol–water partition coefficient (Wildman–Crippen LogP) is 5.04. The highest BCUT2D eigenvalue weighted by atomic mass is 35.5. The predicted molar refractivity (Wildman–Crippen MR) is 132 cm³/mol. The van der Waals surface area contributed by atoms with E-state index in [1.807, 2.05) is 29.2 Å². The normalized spacial score (nSPS) is 25.7. The smallest absolute Gasteiger partial charge is 0.238 e. The summed E-state index contributed by atoms with van der Waals surface area (Å²) in [4.78, 5) is 43.3. The van der Waals surface area contributed by atoms with E-state index in [0.717, 1.165) is 0 Å². The monoisotopic (exact) mass is 486 g/mol. The maximum absolute atomic E-state index is 14.2. The van der Waals surface area contributed by atoms with Crippen molar-refractivity contribution in [3.05, 3.63) is 100 Å². The van der Waals surface area contributed by atoms with Gasteiger partial charge in [0.1, 0.15) is 11.2 Å². The van der Waals surface area contributed by atoms with Crippen LogP contribution in [0.4, 0.5) is 15.8 Å². The summed E-state index contributed by atoms with van der Waals surface area (Å²) in [5.74, 6) is -2.32. The molecule has 0 radical (unpaired) electrons. The van der Waals surface area contributed by atoms with Gasteiger partial charge in [-0.15, -0.1) is 0 Å². The lowest BCUT2D eigenvalue weighted by molar-refractivity contribution is -0.122. The molecule has 3 aliphatic heterocycles. The number of ketones is 2. The number of nitrogens with zero attached hydrogens (tertiary/aromatic N) is 1. The van der Waals surface area contributed by atoms with E-state index in [4.69, 9.17) is 11.6 Å². The molecule has 1 N–H and O–H groups in total. The minimum absolute atomic E-state index is 0.248. The van der Waals surface area contributed by atoms with Crippen molar-refractivity contribution in [2.45, 2.75) is 24.4 Å². The van der Waals surface area contributed by atoms with E-state index in [1.165, 1.54) is 19.1 Å². The molecule has 3 aromatic carbocycles. The van der Waals surface area contributed by atoms with Gasteiger partial charge in [0, 0.05) is 27.5 Å². The van der Waals surface area contributed by atoms with Crippen LogP contribution in [-0.2, 0) is 15.0 Å². The Bertz CT molecular complexity index is 1450. The molecule has 1 fully saturated rings. The molecule has 174 valence electrons. The van der Waals surface area contributed by atoms with Crippen LogP contribution < -0.4 is 10.2 Å². The summed E-state index contributed by atoms with van der Waals surface area (Å²) >= 11 is 6.06. The molecule has 0 saturated carbocycles. The van der Waals surface area contributed by atoms with Crippen molar-refractivity contribution in [1.82, 2.24) is 0 Å². The third-order valence-corrected chi connectivity index (χ3v) is 7.67. The highest BCUT2D eigenvalue weighted by molar-refractivity contribution is 6.30. The highest BCUT2D eigenvalue weighted by Gasteiger charge is 2.69. The van der Waals surface area contributed by atoms with E-state index >= 15 is 0 Å². The fourth-order valence-electron chi connectivity index (χ4n) is 6.10. The van der Waals surface area contributed by atoms with Gasteiger partial charge in [-0.2, -0.15) is 0 Å². The third kappa shape index (κ3) is 2.89. The first-order valence-corrected chi connectivity index (χ1v) is 11.7. The summed E-state index contributed by atoms with van der Waals surface area (Å²) in [5.41, 5.74) is 1.51. The van der Waals surface area contributed by atoms with Crippen molar-refractivity contribution in [2.24, 2.45) is 5.92 Å². The number of anilines is 2. The van der Waals surface area contributed by atoms with E-state index in [0.29, 0.717) is 33.1 Å². The fraction of sp³-hybridized carbons (Fsp3) is 0.179. The maximum atomic E-state index is 14.2. The largest absolute Gasteiger partial charge is 0.352 e. The van der Waals surface area contributed by atoms with Crippen molar-refractivity contribution in [2.75, 3.05) is 10.2 Å². The Balaban J connectivity index is 1.65. The first-order chi connectivity index (χ1) is 16.8. The molecule has 1 spiro atoms. The molecular formula is C28H20ClFN2O3. The molecule has 0 unspecified atom stereocenters. The highest BCUT2D eigenvalue weighted by Crippen LogP contribution is 2.57. The van der Waals surface area contributed by atoms with E-state index < -0.39 is 29.2 Å². The van der Waals surface area contributed by atoms with Crippen molar-refractivity contribution in [3.8, 4) is 0 Å². The van der Waals surface area contributed by atoms with Gasteiger partial charge in [0.25, 0.3) is 0 Å². The maximum Gasteiger partial charge on any atom is 0.238 e. The van der Waals surface area contributed by atoms with Crippen LogP contribution in [0.2, 0.25) is 5.02 Å². The van der Waals surface area contributed by atoms with E-state index in [-0.39, 0.29) is 17.5 Å². The second-order valence-electron chi connectivity index (χ2n) is 9.19. The zero-order valence-electron chi connectivity index (χ0n) is 18.7. The summed E-state index contributed by atoms with van der Waals surface area (Å²) in [5, 5.41) is 3.43. The molecule has 1 saturated heterocycles. The molecule has 3 aliphatic rings. The Morgan fingerprint density at radius 2 is 1.80 bits per heavy atom. The van der Waals surface area contributed by atoms with Crippen LogP contribution in [0.15, 0.2) is 72.8 Å². The number of hydrogen-bond acceptors (Lipinski definition) is 4. The topological polar surface area (TPSA) is 66.5 Å². The third-order valence-electron chi connectivity index (χ3n) is 7.42. The minimum atomic E-state index is -1.35. The van der Waals surface area contributed by atoms with Crippen LogP contribution >= 0.6 is 11.6 Å². The van der Waals surface area contributed by atoms with Crippen molar-refractivity contribution >= 4 is 46.5 Å². The van der Waals surface area contributed by atoms with E-state index in [9.17, 15) is 18.8 Å². The lowest BCUT2D eigenvalue weighted by Crippen LogP contribution is -2.51. The molecule has 5 nitrogen and oxygen atoms in total. The number of nitrogens with one attached hydrogen (secondary N) is 1. The van der Waals surface area contributed by atoms with Crippen molar-refractivity contribution in [1.29, 1.82) is 0 Å². The molecule has 3 aromatic rings. The molecular weight excluding hydrogens is 467 g/mol. The number of carbonyl (C=O) groups is 3. The SMILES string of the molecule is CC(=O)[C@H]1[C@@H](C(=O)c2ccc(Cl)cc2)[C@]2(C(=O)Nc3ccccc32)[C@H]2C=Cc3cc(F)ccc3N12. The Morgan fingerprint density at radius 3 is 2.54 bits per heavy atom. The van der Waals surface area contributed by atoms with Crippen LogP contribution in [0.1, 0.15) is 28.4 Å². The Hall–Kier alpha value is -3.77. The number of para-hydroxylation sites is 1. The molecule has 1 amide bonds. The van der Waals surface area contributed by atoms with Gasteiger partial charge < -0.3 is 10.2 Å². The van der Waals surface area contributed by atoms with Crippen LogP contribution in [0.5, 0.6) is 0 Å². The number of carbonyl (C=O) groups excluding carboxylic acids is 3. The van der Waals surface area contributed by atoms with E-state index in [1.54, 1.807) is 42.5 Å². The lowest BCUT2D eigenvalue weighted by atomic mass is 9.64. The Labute approximate surface area is 206 Å². The number of rotatable bonds is 3. The van der Waals surface area contributed by atoms with Crippen LogP contribution in [0, 0.1) is 11.7 Å². The quantitative estimate of drug-likeness (QED) is 0.527. The van der Waals surface area contributed by atoms with E-state index in [2.05, 4.69) is 5.32 Å². The number of halogens is 2. The number of hydrogen-bond donors (Lipinski definition) is 1. The van der Waals surface area contributed by atoms with Gasteiger partial charge in [0.2, 0.25) is 5.91 Å². The van der Waals surface area contributed by atoms with Crippen molar-refractivity contribution in [3.63, 3.8) is 0 Å². The number of benzene rings is 3. The van der Waals surface area contributed by atoms with Gasteiger partial charge in [0.15, 0.2) is 11.6 Å². The lowest BCUT2D eigenvalue weighted by Gasteiger charge is -2.37.